The Morgan fingerprint density at radius 3 is 2.20 bits per heavy atom. The number of halogens is 1. The molecule has 0 heterocycles. The fourth-order valence-electron chi connectivity index (χ4n) is 2.02. The zero-order valence-corrected chi connectivity index (χ0v) is 13.8. The first-order valence-corrected chi connectivity index (χ1v) is 7.52. The van der Waals surface area contributed by atoms with E-state index in [1.54, 1.807) is 30.3 Å². The number of amides is 2. The first-order valence-electron chi connectivity index (χ1n) is 7.52. The average molecular weight is 340 g/mol. The Morgan fingerprint density at radius 1 is 0.920 bits per heavy atom. The van der Waals surface area contributed by atoms with E-state index in [1.807, 2.05) is 0 Å². The molecule has 2 amide bonds. The fraction of sp³-hybridized carbons (Fsp3) is 0.105. The van der Waals surface area contributed by atoms with Gasteiger partial charge in [0.05, 0.1) is 0 Å². The van der Waals surface area contributed by atoms with E-state index in [4.69, 9.17) is 0 Å². The number of anilines is 2. The van der Waals surface area contributed by atoms with Gasteiger partial charge in [0, 0.05) is 28.6 Å². The molecule has 25 heavy (non-hydrogen) atoms. The summed E-state index contributed by atoms with van der Waals surface area (Å²) < 4.78 is 13.1. The van der Waals surface area contributed by atoms with Crippen molar-refractivity contribution in [3.05, 3.63) is 71.6 Å². The summed E-state index contributed by atoms with van der Waals surface area (Å²) in [7, 11) is 0. The molecule has 0 fully saturated rings. The Balaban J connectivity index is 1.99. The Hall–Kier alpha value is -3.28. The highest BCUT2D eigenvalue weighted by Crippen LogP contribution is 2.12. The monoisotopic (exact) mass is 340 g/mol. The third-order valence-corrected chi connectivity index (χ3v) is 3.35. The van der Waals surface area contributed by atoms with E-state index >= 15 is 0 Å². The fourth-order valence-corrected chi connectivity index (χ4v) is 2.02. The van der Waals surface area contributed by atoms with Crippen LogP contribution in [0.25, 0.3) is 0 Å². The molecule has 0 bridgehead atoms. The molecule has 2 aromatic carbocycles. The minimum atomic E-state index is -0.537. The van der Waals surface area contributed by atoms with Crippen LogP contribution in [0.2, 0.25) is 0 Å². The van der Waals surface area contributed by atoms with Crippen LogP contribution in [0.3, 0.4) is 0 Å². The highest BCUT2D eigenvalue weighted by Gasteiger charge is 2.08. The highest BCUT2D eigenvalue weighted by atomic mass is 19.1. The normalized spacial score (nSPS) is 10.9. The molecule has 0 aliphatic heterocycles. The molecule has 0 aliphatic rings. The lowest BCUT2D eigenvalue weighted by Crippen LogP contribution is -2.16. The zero-order valence-electron chi connectivity index (χ0n) is 13.8. The van der Waals surface area contributed by atoms with Gasteiger partial charge >= 0.3 is 0 Å². The lowest BCUT2D eigenvalue weighted by Gasteiger charge is -2.07. The van der Waals surface area contributed by atoms with E-state index < -0.39 is 17.6 Å². The van der Waals surface area contributed by atoms with Gasteiger partial charge in [0.1, 0.15) is 5.82 Å². The summed E-state index contributed by atoms with van der Waals surface area (Å²) in [5.41, 5.74) is 1.53. The predicted molar refractivity (Wildman–Crippen MR) is 93.9 cm³/mol. The number of hydrogen-bond donors (Lipinski definition) is 2. The van der Waals surface area contributed by atoms with Crippen molar-refractivity contribution in [1.29, 1.82) is 0 Å². The minimum Gasteiger partial charge on any atom is -0.322 e. The number of benzene rings is 2. The van der Waals surface area contributed by atoms with Gasteiger partial charge in [-0.2, -0.15) is 0 Å². The van der Waals surface area contributed by atoms with Gasteiger partial charge in [-0.15, -0.1) is 0 Å². The number of rotatable bonds is 5. The summed E-state index contributed by atoms with van der Waals surface area (Å²) >= 11 is 0. The number of carbonyl (C=O) groups is 3. The maximum atomic E-state index is 13.1. The first kappa shape index (κ1) is 18.1. The van der Waals surface area contributed by atoms with Gasteiger partial charge in [-0.25, -0.2) is 4.39 Å². The molecule has 2 rings (SSSR count). The molecule has 128 valence electrons. The summed E-state index contributed by atoms with van der Waals surface area (Å²) in [5.74, 6) is -1.52. The molecule has 0 aliphatic carbocycles. The second kappa shape index (κ2) is 8.01. The largest absolute Gasteiger partial charge is 0.322 e. The molecule has 0 saturated carbocycles. The number of Topliss-reactive ketones (excluding diaryl/α,β-unsaturated/α-hetero) is 1. The Labute approximate surface area is 144 Å². The molecule has 0 unspecified atom stereocenters. The second-order valence-corrected chi connectivity index (χ2v) is 5.41. The third kappa shape index (κ3) is 5.39. The summed E-state index contributed by atoms with van der Waals surface area (Å²) in [6.45, 7) is 2.95. The van der Waals surface area contributed by atoms with E-state index in [0.717, 1.165) is 6.08 Å². The van der Waals surface area contributed by atoms with Gasteiger partial charge in [0.15, 0.2) is 5.78 Å². The maximum Gasteiger partial charge on any atom is 0.251 e. The van der Waals surface area contributed by atoms with Crippen LogP contribution < -0.4 is 10.6 Å². The smallest absolute Gasteiger partial charge is 0.251 e. The van der Waals surface area contributed by atoms with Crippen molar-refractivity contribution in [2.45, 2.75) is 13.8 Å². The van der Waals surface area contributed by atoms with E-state index in [9.17, 15) is 18.8 Å². The lowest BCUT2D eigenvalue weighted by atomic mass is 10.1. The van der Waals surface area contributed by atoms with E-state index in [0.29, 0.717) is 16.9 Å². The Morgan fingerprint density at radius 2 is 1.60 bits per heavy atom. The lowest BCUT2D eigenvalue weighted by molar-refractivity contribution is -0.114. The van der Waals surface area contributed by atoms with Gasteiger partial charge in [-0.05, 0) is 56.3 Å². The van der Waals surface area contributed by atoms with Crippen LogP contribution >= 0.6 is 0 Å². The van der Waals surface area contributed by atoms with Crippen molar-refractivity contribution in [3.8, 4) is 0 Å². The summed E-state index contributed by atoms with van der Waals surface area (Å²) in [6.07, 6.45) is 1.13. The molecular weight excluding hydrogens is 323 g/mol. The molecule has 0 spiro atoms. The van der Waals surface area contributed by atoms with E-state index in [-0.39, 0.29) is 11.4 Å². The molecule has 2 N–H and O–H groups in total. The molecule has 5 nitrogen and oxygen atoms in total. The summed E-state index contributed by atoms with van der Waals surface area (Å²) in [5, 5.41) is 5.11. The van der Waals surface area contributed by atoms with Gasteiger partial charge in [0.25, 0.3) is 5.91 Å². The SMILES string of the molecule is CC(=O)c1ccc(NC(=O)/C(C)=C\C(=O)Nc2cccc(F)c2)cc1. The van der Waals surface area contributed by atoms with Gasteiger partial charge in [0.2, 0.25) is 5.91 Å². The molecule has 0 atom stereocenters. The predicted octanol–water partition coefficient (Wildman–Crippen LogP) is 3.55. The van der Waals surface area contributed by atoms with Crippen LogP contribution in [-0.4, -0.2) is 17.6 Å². The number of carbonyl (C=O) groups excluding carboxylic acids is 3. The van der Waals surface area contributed by atoms with Gasteiger partial charge in [-0.1, -0.05) is 6.07 Å². The zero-order chi connectivity index (χ0) is 18.4. The quantitative estimate of drug-likeness (QED) is 0.645. The molecular formula is C19H17FN2O3. The van der Waals surface area contributed by atoms with Crippen LogP contribution in [-0.2, 0) is 9.59 Å². The van der Waals surface area contributed by atoms with Crippen molar-refractivity contribution in [3.63, 3.8) is 0 Å². The minimum absolute atomic E-state index is 0.0667. The Kier molecular flexibility index (Phi) is 5.79. The molecule has 0 saturated heterocycles. The molecule has 0 aromatic heterocycles. The van der Waals surface area contributed by atoms with Crippen LogP contribution in [0.5, 0.6) is 0 Å². The average Bonchev–Trinajstić information content (AvgIpc) is 2.55. The second-order valence-electron chi connectivity index (χ2n) is 5.41. The molecule has 6 heteroatoms. The van der Waals surface area contributed by atoms with Crippen LogP contribution in [0.4, 0.5) is 15.8 Å². The van der Waals surface area contributed by atoms with E-state index in [1.165, 1.54) is 32.0 Å². The number of ketones is 1. The van der Waals surface area contributed by atoms with Crippen molar-refractivity contribution in [2.24, 2.45) is 0 Å². The Bertz CT molecular complexity index is 842. The van der Waals surface area contributed by atoms with E-state index in [2.05, 4.69) is 10.6 Å². The number of hydrogen-bond acceptors (Lipinski definition) is 3. The van der Waals surface area contributed by atoms with Crippen LogP contribution in [0, 0.1) is 5.82 Å². The maximum absolute atomic E-state index is 13.1. The van der Waals surface area contributed by atoms with Gasteiger partial charge in [-0.3, -0.25) is 14.4 Å². The summed E-state index contributed by atoms with van der Waals surface area (Å²) in [6, 6.07) is 11.9. The first-order chi connectivity index (χ1) is 11.8. The topological polar surface area (TPSA) is 75.3 Å². The standard InChI is InChI=1S/C19H17FN2O3/c1-12(10-18(24)21-17-5-3-4-15(20)11-17)19(25)22-16-8-6-14(7-9-16)13(2)23/h3-11H,1-2H3,(H,21,24)(H,22,25)/b12-10-. The van der Waals surface area contributed by atoms with Crippen molar-refractivity contribution in [1.82, 2.24) is 0 Å². The van der Waals surface area contributed by atoms with Crippen molar-refractivity contribution < 1.29 is 18.8 Å². The van der Waals surface area contributed by atoms with Crippen LogP contribution in [0.1, 0.15) is 24.2 Å². The highest BCUT2D eigenvalue weighted by molar-refractivity contribution is 6.10. The summed E-state index contributed by atoms with van der Waals surface area (Å²) in [4.78, 5) is 35.2. The third-order valence-electron chi connectivity index (χ3n) is 3.35. The number of nitrogens with one attached hydrogen (secondary N) is 2. The van der Waals surface area contributed by atoms with Crippen molar-refractivity contribution >= 4 is 29.0 Å². The van der Waals surface area contributed by atoms with Crippen molar-refractivity contribution in [2.75, 3.05) is 10.6 Å². The molecule has 2 aromatic rings. The van der Waals surface area contributed by atoms with Gasteiger partial charge < -0.3 is 10.6 Å². The molecule has 0 radical (unpaired) electrons. The van der Waals surface area contributed by atoms with Crippen LogP contribution in [0.15, 0.2) is 60.2 Å².